The maximum absolute atomic E-state index is 9.03. The van der Waals surface area contributed by atoms with Gasteiger partial charge in [-0.15, -0.1) is 0 Å². The van der Waals surface area contributed by atoms with Gasteiger partial charge in [-0.25, -0.2) is 0 Å². The van der Waals surface area contributed by atoms with Gasteiger partial charge in [0.1, 0.15) is 0 Å². The Bertz CT molecular complexity index is 37.8. The Kier molecular flexibility index (Phi) is 5.29. The minimum Gasteiger partial charge on any atom is -0.859 e. The third kappa shape index (κ3) is 10.8. The van der Waals surface area contributed by atoms with Crippen LogP contribution in [0, 0.1) is 0 Å². The van der Waals surface area contributed by atoms with E-state index in [1.54, 1.807) is 0 Å². The van der Waals surface area contributed by atoms with Crippen LogP contribution >= 0.6 is 0 Å². The molecular weight excluding hydrogens is 163 g/mol. The third-order valence-electron chi connectivity index (χ3n) is 0.112. The van der Waals surface area contributed by atoms with Crippen LogP contribution in [0.15, 0.2) is 0 Å². The largest absolute Gasteiger partial charge is 3.00 e. The summed E-state index contributed by atoms with van der Waals surface area (Å²) in [5.41, 5.74) is 0. The Labute approximate surface area is 51.1 Å². The van der Waals surface area contributed by atoms with E-state index in [1.165, 1.54) is 0 Å². The summed E-state index contributed by atoms with van der Waals surface area (Å²) in [7, 11) is -5.33. The first-order chi connectivity index (χ1) is 2.56. The van der Waals surface area contributed by atoms with E-state index in [0.717, 1.165) is 0 Å². The van der Waals surface area contributed by atoms with E-state index in [0.29, 0.717) is 0 Å². The minimum absolute atomic E-state index is 0. The zero-order valence-electron chi connectivity index (χ0n) is 2.96. The van der Waals surface area contributed by atoms with Crippen molar-refractivity contribution in [3.8, 4) is 0 Å². The molecule has 0 aromatic rings. The summed E-state index contributed by atoms with van der Waals surface area (Å²) in [6, 6.07) is 0. The molecule has 0 saturated carbocycles. The molecule has 7 heteroatoms. The first-order valence-corrected chi connectivity index (χ1v) is 2.63. The topological polar surface area (TPSA) is 98.6 Å². The van der Waals surface area contributed by atoms with E-state index in [9.17, 15) is 0 Å². The average Bonchev–Trinajstić information content (AvgIpc) is 1.35. The number of hydrogen-bond donors (Lipinski definition) is 1. The maximum Gasteiger partial charge on any atom is 3.00 e. The van der Waals surface area contributed by atoms with Crippen LogP contribution in [0.25, 0.3) is 0 Å². The van der Waals surface area contributed by atoms with Crippen LogP contribution in [0.5, 0.6) is 0 Å². The molecule has 0 amide bonds. The monoisotopic (exact) mass is 164 g/mol. The van der Waals surface area contributed by atoms with E-state index >= 15 is 0 Å². The molecule has 0 aromatic carbocycles. The Morgan fingerprint density at radius 1 is 1.29 bits per heavy atom. The van der Waals surface area contributed by atoms with Crippen LogP contribution in [-0.4, -0.2) is 14.3 Å². The zero-order valence-corrected chi connectivity index (χ0v) is 5.14. The molecule has 0 unspecified atom stereocenters. The van der Waals surface area contributed by atoms with Gasteiger partial charge < -0.3 is 19.0 Å². The Balaban J connectivity index is 0. The zero-order chi connectivity index (χ0) is 5.21. The molecule has 0 rings (SSSR count). The molecule has 0 aliphatic carbocycles. The summed E-state index contributed by atoms with van der Waals surface area (Å²) in [4.78, 5) is 27.1. The second-order valence-corrected chi connectivity index (χ2v) is 1.77. The van der Waals surface area contributed by atoms with Crippen molar-refractivity contribution in [3.63, 3.8) is 0 Å². The SMILES string of the molecule is [Mn+3].[O-][Si]([O-])([O-])OO. The fraction of sp³-hybridized carbons (Fsp3) is 0. The molecule has 7 heavy (non-hydrogen) atoms. The van der Waals surface area contributed by atoms with Crippen molar-refractivity contribution in [2.75, 3.05) is 0 Å². The molecule has 0 bridgehead atoms. The van der Waals surface area contributed by atoms with Gasteiger partial charge in [-0.05, 0) is 0 Å². The van der Waals surface area contributed by atoms with Gasteiger partial charge in [-0.1, -0.05) is 9.05 Å². The Hall–Kier alpha value is 0.536. The molecule has 0 saturated heterocycles. The maximum atomic E-state index is 9.03. The molecule has 1 N–H and O–H groups in total. The van der Waals surface area contributed by atoms with Crippen molar-refractivity contribution in [2.45, 2.75) is 0 Å². The second-order valence-electron chi connectivity index (χ2n) is 0.591. The molecule has 0 fully saturated rings. The Morgan fingerprint density at radius 2 is 1.43 bits per heavy atom. The normalized spacial score (nSPS) is 10.3. The van der Waals surface area contributed by atoms with E-state index in [2.05, 4.69) is 4.58 Å². The van der Waals surface area contributed by atoms with Gasteiger partial charge in [0, 0.05) is 0 Å². The van der Waals surface area contributed by atoms with Gasteiger partial charge in [0.25, 0.3) is 0 Å². The van der Waals surface area contributed by atoms with Crippen molar-refractivity contribution in [3.05, 3.63) is 0 Å². The van der Waals surface area contributed by atoms with Gasteiger partial charge in [0.15, 0.2) is 0 Å². The minimum atomic E-state index is -5.33. The Morgan fingerprint density at radius 3 is 1.43 bits per heavy atom. The summed E-state index contributed by atoms with van der Waals surface area (Å²) in [6.45, 7) is 0. The molecular formula is HMnO5Si. The van der Waals surface area contributed by atoms with Crippen molar-refractivity contribution < 1.29 is 41.3 Å². The summed E-state index contributed by atoms with van der Waals surface area (Å²) >= 11 is 0. The molecule has 5 nitrogen and oxygen atoms in total. The van der Waals surface area contributed by atoms with Crippen LogP contribution in [-0.2, 0) is 21.6 Å². The summed E-state index contributed by atoms with van der Waals surface area (Å²) < 4.78 is 2.41. The molecule has 0 aromatic heterocycles. The van der Waals surface area contributed by atoms with E-state index in [-0.39, 0.29) is 17.1 Å². The van der Waals surface area contributed by atoms with Crippen LogP contribution in [0.3, 0.4) is 0 Å². The van der Waals surface area contributed by atoms with E-state index in [1.807, 2.05) is 0 Å². The molecule has 42 valence electrons. The van der Waals surface area contributed by atoms with E-state index < -0.39 is 9.05 Å². The van der Waals surface area contributed by atoms with E-state index in [4.69, 9.17) is 19.6 Å². The molecule has 0 spiro atoms. The third-order valence-corrected chi connectivity index (χ3v) is 0.335. The van der Waals surface area contributed by atoms with Crippen molar-refractivity contribution in [1.82, 2.24) is 0 Å². The number of rotatable bonds is 1. The first kappa shape index (κ1) is 10.5. The quantitative estimate of drug-likeness (QED) is 0.242. The van der Waals surface area contributed by atoms with Crippen LogP contribution < -0.4 is 14.4 Å². The number of hydrogen-bond acceptors (Lipinski definition) is 5. The summed E-state index contributed by atoms with van der Waals surface area (Å²) in [5, 5.41) is 7.03. The van der Waals surface area contributed by atoms with Gasteiger partial charge in [0.2, 0.25) is 0 Å². The van der Waals surface area contributed by atoms with Gasteiger partial charge in [0.05, 0.1) is 0 Å². The standard InChI is InChI=1S/Mn.HO5Si/c;1-5-6(2,3)4/h;1H/q+3;-3. The predicted octanol–water partition coefficient (Wildman–Crippen LogP) is -4.01. The summed E-state index contributed by atoms with van der Waals surface area (Å²) in [5.74, 6) is 0. The second kappa shape index (κ2) is 3.53. The van der Waals surface area contributed by atoms with Gasteiger partial charge in [-0.2, -0.15) is 0 Å². The van der Waals surface area contributed by atoms with Crippen LogP contribution in [0.4, 0.5) is 0 Å². The predicted molar refractivity (Wildman–Crippen MR) is 9.47 cm³/mol. The van der Waals surface area contributed by atoms with Crippen LogP contribution in [0.1, 0.15) is 0 Å². The molecule has 0 radical (unpaired) electrons. The van der Waals surface area contributed by atoms with Crippen molar-refractivity contribution in [2.24, 2.45) is 0 Å². The fourth-order valence-electron chi connectivity index (χ4n) is 0. The van der Waals surface area contributed by atoms with Crippen molar-refractivity contribution >= 4 is 9.05 Å². The first-order valence-electron chi connectivity index (χ1n) is 0.999. The van der Waals surface area contributed by atoms with Crippen molar-refractivity contribution in [1.29, 1.82) is 0 Å². The molecule has 0 aliphatic heterocycles. The van der Waals surface area contributed by atoms with Crippen LogP contribution in [0.2, 0.25) is 0 Å². The van der Waals surface area contributed by atoms with Gasteiger partial charge in [-0.3, -0.25) is 5.26 Å². The molecule has 0 aliphatic rings. The average molecular weight is 164 g/mol. The fourth-order valence-corrected chi connectivity index (χ4v) is 0. The summed E-state index contributed by atoms with van der Waals surface area (Å²) in [6.07, 6.45) is 0. The molecule has 0 heterocycles. The smallest absolute Gasteiger partial charge is 0.859 e. The molecule has 0 atom stereocenters. The van der Waals surface area contributed by atoms with Gasteiger partial charge >= 0.3 is 17.1 Å².